The molecular formula is C13H24N2OS2. The average Bonchev–Trinajstić information content (AvgIpc) is 2.68. The number of thiazole rings is 1. The number of methoxy groups -OCH3 is 1. The van der Waals surface area contributed by atoms with Gasteiger partial charge in [0, 0.05) is 18.5 Å². The van der Waals surface area contributed by atoms with Gasteiger partial charge in [-0.05, 0) is 31.8 Å². The maximum absolute atomic E-state index is 5.10. The Bertz CT molecular complexity index is 312. The van der Waals surface area contributed by atoms with Crippen molar-refractivity contribution in [2.24, 2.45) is 0 Å². The summed E-state index contributed by atoms with van der Waals surface area (Å²) in [6, 6.07) is 0.372. The number of rotatable bonds is 9. The molecule has 1 unspecified atom stereocenters. The van der Waals surface area contributed by atoms with Crippen LogP contribution in [0.3, 0.4) is 0 Å². The van der Waals surface area contributed by atoms with E-state index < -0.39 is 0 Å². The van der Waals surface area contributed by atoms with Crippen LogP contribution in [0.25, 0.3) is 0 Å². The van der Waals surface area contributed by atoms with Crippen molar-refractivity contribution < 1.29 is 4.74 Å². The molecular weight excluding hydrogens is 264 g/mol. The fourth-order valence-corrected chi connectivity index (χ4v) is 3.36. The monoisotopic (exact) mass is 288 g/mol. The van der Waals surface area contributed by atoms with E-state index in [9.17, 15) is 0 Å². The van der Waals surface area contributed by atoms with Crippen LogP contribution in [-0.2, 0) is 4.74 Å². The van der Waals surface area contributed by atoms with E-state index in [0.717, 1.165) is 25.3 Å². The maximum atomic E-state index is 5.10. The van der Waals surface area contributed by atoms with Gasteiger partial charge >= 0.3 is 0 Å². The molecule has 18 heavy (non-hydrogen) atoms. The topological polar surface area (TPSA) is 34.1 Å². The number of aryl methyl sites for hydroxylation is 2. The second-order valence-corrected chi connectivity index (χ2v) is 6.81. The zero-order valence-corrected chi connectivity index (χ0v) is 13.4. The molecule has 0 bridgehead atoms. The molecule has 1 heterocycles. The number of nitrogens with zero attached hydrogens (tertiary/aromatic N) is 1. The minimum atomic E-state index is 0.372. The van der Waals surface area contributed by atoms with Crippen molar-refractivity contribution in [3.05, 3.63) is 15.6 Å². The van der Waals surface area contributed by atoms with Gasteiger partial charge in [-0.3, -0.25) is 0 Å². The SMILES string of the molecule is CCSCCC(NCCOC)c1nc(C)c(C)s1. The molecule has 0 radical (unpaired) electrons. The summed E-state index contributed by atoms with van der Waals surface area (Å²) in [5.41, 5.74) is 1.16. The molecule has 0 fully saturated rings. The van der Waals surface area contributed by atoms with Crippen LogP contribution in [0.2, 0.25) is 0 Å². The van der Waals surface area contributed by atoms with Crippen LogP contribution in [0, 0.1) is 13.8 Å². The Kier molecular flexibility index (Phi) is 7.90. The molecule has 0 saturated heterocycles. The van der Waals surface area contributed by atoms with Crippen LogP contribution in [-0.4, -0.2) is 36.8 Å². The molecule has 5 heteroatoms. The zero-order valence-electron chi connectivity index (χ0n) is 11.8. The summed E-state index contributed by atoms with van der Waals surface area (Å²) < 4.78 is 5.10. The van der Waals surface area contributed by atoms with Crippen molar-refractivity contribution in [3.63, 3.8) is 0 Å². The first-order valence-electron chi connectivity index (χ1n) is 6.43. The molecule has 0 amide bonds. The molecule has 0 saturated carbocycles. The predicted octanol–water partition coefficient (Wildman–Crippen LogP) is 3.18. The third-order valence-corrected chi connectivity index (χ3v) is 4.91. The van der Waals surface area contributed by atoms with Gasteiger partial charge in [-0.1, -0.05) is 6.92 Å². The number of aromatic nitrogens is 1. The molecule has 0 aliphatic rings. The van der Waals surface area contributed by atoms with Crippen LogP contribution < -0.4 is 5.32 Å². The van der Waals surface area contributed by atoms with E-state index in [0.29, 0.717) is 6.04 Å². The Morgan fingerprint density at radius 2 is 2.22 bits per heavy atom. The van der Waals surface area contributed by atoms with Crippen LogP contribution in [0.15, 0.2) is 0 Å². The summed E-state index contributed by atoms with van der Waals surface area (Å²) in [6.45, 7) is 8.07. The van der Waals surface area contributed by atoms with Gasteiger partial charge in [-0.15, -0.1) is 11.3 Å². The lowest BCUT2D eigenvalue weighted by molar-refractivity contribution is 0.195. The lowest BCUT2D eigenvalue weighted by Gasteiger charge is -2.16. The molecule has 0 aromatic carbocycles. The van der Waals surface area contributed by atoms with Gasteiger partial charge in [0.2, 0.25) is 0 Å². The third kappa shape index (κ3) is 5.26. The third-order valence-electron chi connectivity index (χ3n) is 2.80. The quantitative estimate of drug-likeness (QED) is 0.708. The fourth-order valence-electron chi connectivity index (χ4n) is 1.64. The molecule has 1 rings (SSSR count). The number of thioether (sulfide) groups is 1. The predicted molar refractivity (Wildman–Crippen MR) is 81.8 cm³/mol. The maximum Gasteiger partial charge on any atom is 0.110 e. The highest BCUT2D eigenvalue weighted by molar-refractivity contribution is 7.99. The first-order chi connectivity index (χ1) is 8.69. The average molecular weight is 288 g/mol. The molecule has 1 atom stereocenters. The molecule has 0 spiro atoms. The molecule has 0 aliphatic heterocycles. The number of nitrogens with one attached hydrogen (secondary N) is 1. The van der Waals surface area contributed by atoms with E-state index in [4.69, 9.17) is 4.74 Å². The normalized spacial score (nSPS) is 12.9. The van der Waals surface area contributed by atoms with Crippen molar-refractivity contribution in [2.45, 2.75) is 33.2 Å². The van der Waals surface area contributed by atoms with Gasteiger partial charge < -0.3 is 10.1 Å². The molecule has 1 N–H and O–H groups in total. The number of ether oxygens (including phenoxy) is 1. The van der Waals surface area contributed by atoms with Gasteiger partial charge in [0.15, 0.2) is 0 Å². The van der Waals surface area contributed by atoms with Crippen LogP contribution >= 0.6 is 23.1 Å². The molecule has 1 aromatic heterocycles. The first kappa shape index (κ1) is 16.0. The Morgan fingerprint density at radius 3 is 2.78 bits per heavy atom. The van der Waals surface area contributed by atoms with E-state index in [2.05, 4.69) is 31.1 Å². The smallest absolute Gasteiger partial charge is 0.110 e. The van der Waals surface area contributed by atoms with Crippen molar-refractivity contribution in [2.75, 3.05) is 31.8 Å². The Morgan fingerprint density at radius 1 is 1.44 bits per heavy atom. The summed E-state index contributed by atoms with van der Waals surface area (Å²) >= 11 is 3.80. The summed E-state index contributed by atoms with van der Waals surface area (Å²) in [5, 5.41) is 4.77. The lowest BCUT2D eigenvalue weighted by Crippen LogP contribution is -2.25. The molecule has 0 aliphatic carbocycles. The summed E-state index contributed by atoms with van der Waals surface area (Å²) in [6.07, 6.45) is 1.13. The Balaban J connectivity index is 2.57. The second kappa shape index (κ2) is 8.91. The van der Waals surface area contributed by atoms with E-state index in [1.807, 2.05) is 23.1 Å². The first-order valence-corrected chi connectivity index (χ1v) is 8.40. The minimum Gasteiger partial charge on any atom is -0.383 e. The largest absolute Gasteiger partial charge is 0.383 e. The van der Waals surface area contributed by atoms with Crippen molar-refractivity contribution in [3.8, 4) is 0 Å². The van der Waals surface area contributed by atoms with Gasteiger partial charge in [-0.2, -0.15) is 11.8 Å². The summed E-state index contributed by atoms with van der Waals surface area (Å²) in [7, 11) is 1.74. The Labute approximate surface area is 119 Å². The molecule has 104 valence electrons. The molecule has 1 aromatic rings. The Hall–Kier alpha value is -0.100. The van der Waals surface area contributed by atoms with Gasteiger partial charge in [0.05, 0.1) is 18.3 Å². The van der Waals surface area contributed by atoms with Crippen LogP contribution in [0.4, 0.5) is 0 Å². The standard InChI is InChI=1S/C13H24N2OS2/c1-5-17-9-6-12(14-7-8-16-4)13-15-10(2)11(3)18-13/h12,14H,5-9H2,1-4H3. The van der Waals surface area contributed by atoms with Gasteiger partial charge in [-0.25, -0.2) is 4.98 Å². The van der Waals surface area contributed by atoms with E-state index in [-0.39, 0.29) is 0 Å². The van der Waals surface area contributed by atoms with Gasteiger partial charge in [0.25, 0.3) is 0 Å². The minimum absolute atomic E-state index is 0.372. The fraction of sp³-hybridized carbons (Fsp3) is 0.769. The van der Waals surface area contributed by atoms with E-state index in [1.54, 1.807) is 7.11 Å². The summed E-state index contributed by atoms with van der Waals surface area (Å²) in [5.74, 6) is 2.36. The summed E-state index contributed by atoms with van der Waals surface area (Å²) in [4.78, 5) is 6.00. The number of hydrogen-bond donors (Lipinski definition) is 1. The van der Waals surface area contributed by atoms with Crippen LogP contribution in [0.5, 0.6) is 0 Å². The lowest BCUT2D eigenvalue weighted by atomic mass is 10.2. The highest BCUT2D eigenvalue weighted by atomic mass is 32.2. The van der Waals surface area contributed by atoms with E-state index >= 15 is 0 Å². The van der Waals surface area contributed by atoms with Crippen molar-refractivity contribution >= 4 is 23.1 Å². The van der Waals surface area contributed by atoms with Gasteiger partial charge in [0.1, 0.15) is 5.01 Å². The highest BCUT2D eigenvalue weighted by Gasteiger charge is 2.15. The zero-order chi connectivity index (χ0) is 13.4. The highest BCUT2D eigenvalue weighted by Crippen LogP contribution is 2.26. The number of hydrogen-bond acceptors (Lipinski definition) is 5. The second-order valence-electron chi connectivity index (χ2n) is 4.18. The van der Waals surface area contributed by atoms with Crippen molar-refractivity contribution in [1.29, 1.82) is 0 Å². The molecule has 3 nitrogen and oxygen atoms in total. The van der Waals surface area contributed by atoms with Crippen molar-refractivity contribution in [1.82, 2.24) is 10.3 Å². The van der Waals surface area contributed by atoms with Crippen LogP contribution in [0.1, 0.15) is 35.0 Å². The van der Waals surface area contributed by atoms with E-state index in [1.165, 1.54) is 21.4 Å².